The lowest BCUT2D eigenvalue weighted by Gasteiger charge is -2.18. The van der Waals surface area contributed by atoms with Crippen LogP contribution in [0.15, 0.2) is 54.7 Å². The summed E-state index contributed by atoms with van der Waals surface area (Å²) in [6.07, 6.45) is 1.84. The highest BCUT2D eigenvalue weighted by Crippen LogP contribution is 2.30. The Morgan fingerprint density at radius 3 is 2.48 bits per heavy atom. The molecule has 0 aliphatic carbocycles. The molecule has 152 valence electrons. The van der Waals surface area contributed by atoms with Crippen LogP contribution in [-0.4, -0.2) is 45.7 Å². The molecular weight excluding hydrogens is 407 g/mol. The van der Waals surface area contributed by atoms with E-state index in [2.05, 4.69) is 23.8 Å². The summed E-state index contributed by atoms with van der Waals surface area (Å²) in [5.74, 6) is 0.644. The third kappa shape index (κ3) is 4.32. The maximum Gasteiger partial charge on any atom is 0.225 e. The number of halogens is 2. The fraction of sp³-hybridized carbons (Fsp3) is 0.273. The first kappa shape index (κ1) is 21.4. The zero-order valence-electron chi connectivity index (χ0n) is 16.5. The molecule has 0 aliphatic rings. The van der Waals surface area contributed by atoms with Crippen molar-refractivity contribution in [3.63, 3.8) is 0 Å². The van der Waals surface area contributed by atoms with Crippen molar-refractivity contribution in [3.05, 3.63) is 59.8 Å². The largest absolute Gasteiger partial charge is 0.476 e. The van der Waals surface area contributed by atoms with E-state index in [1.54, 1.807) is 0 Å². The number of nitrogens with zero attached hydrogens (tertiary/aromatic N) is 4. The van der Waals surface area contributed by atoms with E-state index in [-0.39, 0.29) is 12.4 Å². The summed E-state index contributed by atoms with van der Waals surface area (Å²) < 4.78 is 8.00. The SMILES string of the molecule is CCN(CC)CCOc1nc2c(-c3ccc(Cl)cc3)cnn2c2ccccc12.Cl. The second-order valence-electron chi connectivity index (χ2n) is 6.61. The first-order valence-corrected chi connectivity index (χ1v) is 9.96. The van der Waals surface area contributed by atoms with Gasteiger partial charge in [0.15, 0.2) is 5.65 Å². The predicted octanol–water partition coefficient (Wildman–Crippen LogP) is 5.35. The van der Waals surface area contributed by atoms with Gasteiger partial charge in [-0.05, 0) is 42.9 Å². The van der Waals surface area contributed by atoms with Crippen molar-refractivity contribution in [1.29, 1.82) is 0 Å². The Kier molecular flexibility index (Phi) is 6.96. The van der Waals surface area contributed by atoms with Gasteiger partial charge in [0.25, 0.3) is 0 Å². The molecule has 2 aromatic carbocycles. The molecule has 5 nitrogen and oxygen atoms in total. The number of hydrogen-bond acceptors (Lipinski definition) is 4. The Morgan fingerprint density at radius 1 is 1.03 bits per heavy atom. The molecule has 29 heavy (non-hydrogen) atoms. The molecule has 0 unspecified atom stereocenters. The smallest absolute Gasteiger partial charge is 0.225 e. The maximum absolute atomic E-state index is 6.13. The summed E-state index contributed by atoms with van der Waals surface area (Å²) in [6, 6.07) is 15.8. The molecule has 0 saturated heterocycles. The normalized spacial score (nSPS) is 11.2. The second-order valence-corrected chi connectivity index (χ2v) is 7.05. The molecule has 0 saturated carbocycles. The summed E-state index contributed by atoms with van der Waals surface area (Å²) in [5.41, 5.74) is 3.73. The van der Waals surface area contributed by atoms with Gasteiger partial charge in [-0.1, -0.05) is 49.7 Å². The molecule has 0 spiro atoms. The quantitative estimate of drug-likeness (QED) is 0.396. The van der Waals surface area contributed by atoms with Gasteiger partial charge in [-0.25, -0.2) is 4.52 Å². The van der Waals surface area contributed by atoms with Crippen molar-refractivity contribution < 1.29 is 4.74 Å². The highest BCUT2D eigenvalue weighted by Gasteiger charge is 2.15. The lowest BCUT2D eigenvalue weighted by Crippen LogP contribution is -2.28. The topological polar surface area (TPSA) is 42.7 Å². The minimum atomic E-state index is 0. The van der Waals surface area contributed by atoms with Crippen LogP contribution in [0.2, 0.25) is 5.02 Å². The van der Waals surface area contributed by atoms with Crippen LogP contribution in [0, 0.1) is 0 Å². The van der Waals surface area contributed by atoms with E-state index in [9.17, 15) is 0 Å². The predicted molar refractivity (Wildman–Crippen MR) is 121 cm³/mol. The van der Waals surface area contributed by atoms with Crippen LogP contribution in [0.1, 0.15) is 13.8 Å². The van der Waals surface area contributed by atoms with Crippen LogP contribution in [-0.2, 0) is 0 Å². The average Bonchev–Trinajstić information content (AvgIpc) is 3.16. The third-order valence-electron chi connectivity index (χ3n) is 5.01. The van der Waals surface area contributed by atoms with Crippen LogP contribution >= 0.6 is 24.0 Å². The fourth-order valence-corrected chi connectivity index (χ4v) is 3.50. The molecule has 2 aromatic heterocycles. The molecule has 0 atom stereocenters. The summed E-state index contributed by atoms with van der Waals surface area (Å²) >= 11 is 6.04. The fourth-order valence-electron chi connectivity index (χ4n) is 3.38. The average molecular weight is 431 g/mol. The molecule has 0 bridgehead atoms. The molecular formula is C22H24Cl2N4O. The minimum Gasteiger partial charge on any atom is -0.476 e. The maximum atomic E-state index is 6.13. The molecule has 2 heterocycles. The third-order valence-corrected chi connectivity index (χ3v) is 5.26. The van der Waals surface area contributed by atoms with Crippen LogP contribution in [0.25, 0.3) is 27.7 Å². The molecule has 0 radical (unpaired) electrons. The van der Waals surface area contributed by atoms with E-state index >= 15 is 0 Å². The lowest BCUT2D eigenvalue weighted by atomic mass is 10.1. The zero-order chi connectivity index (χ0) is 19.5. The standard InChI is InChI=1S/C22H23ClN4O.ClH/c1-3-26(4-2)13-14-28-22-18-7-5-6-8-20(18)27-21(25-22)19(15-24-27)16-9-11-17(23)12-10-16;/h5-12,15H,3-4,13-14H2,1-2H3;1H. The number of benzene rings is 2. The summed E-state index contributed by atoms with van der Waals surface area (Å²) in [5, 5.41) is 6.25. The Labute approximate surface area is 181 Å². The van der Waals surface area contributed by atoms with Gasteiger partial charge in [0.1, 0.15) is 6.61 Å². The van der Waals surface area contributed by atoms with Gasteiger partial charge in [-0.2, -0.15) is 10.1 Å². The summed E-state index contributed by atoms with van der Waals surface area (Å²) in [6.45, 7) is 7.81. The Bertz CT molecular complexity index is 1090. The number of hydrogen-bond donors (Lipinski definition) is 0. The second kappa shape index (κ2) is 9.44. The van der Waals surface area contributed by atoms with Crippen molar-refractivity contribution in [2.75, 3.05) is 26.2 Å². The number of aromatic nitrogens is 3. The van der Waals surface area contributed by atoms with E-state index < -0.39 is 0 Å². The number of likely N-dealkylation sites (N-methyl/N-ethyl adjacent to an activating group) is 1. The van der Waals surface area contributed by atoms with Gasteiger partial charge < -0.3 is 9.64 Å². The highest BCUT2D eigenvalue weighted by molar-refractivity contribution is 6.30. The van der Waals surface area contributed by atoms with E-state index in [0.717, 1.165) is 47.3 Å². The van der Waals surface area contributed by atoms with Crippen molar-refractivity contribution in [3.8, 4) is 17.0 Å². The zero-order valence-corrected chi connectivity index (χ0v) is 18.1. The Balaban J connectivity index is 0.00000240. The summed E-state index contributed by atoms with van der Waals surface area (Å²) in [4.78, 5) is 7.17. The van der Waals surface area contributed by atoms with Crippen LogP contribution in [0.5, 0.6) is 5.88 Å². The highest BCUT2D eigenvalue weighted by atomic mass is 35.5. The van der Waals surface area contributed by atoms with Gasteiger partial charge >= 0.3 is 0 Å². The Morgan fingerprint density at radius 2 is 1.76 bits per heavy atom. The number of rotatable bonds is 7. The van der Waals surface area contributed by atoms with E-state index in [1.807, 2.05) is 59.2 Å². The molecule has 0 N–H and O–H groups in total. The monoisotopic (exact) mass is 430 g/mol. The van der Waals surface area contributed by atoms with Crippen LogP contribution < -0.4 is 4.74 Å². The molecule has 0 aliphatic heterocycles. The van der Waals surface area contributed by atoms with Crippen molar-refractivity contribution in [1.82, 2.24) is 19.5 Å². The minimum absolute atomic E-state index is 0. The van der Waals surface area contributed by atoms with E-state index in [0.29, 0.717) is 17.5 Å². The Hall–Kier alpha value is -2.34. The number of fused-ring (bicyclic) bond motifs is 3. The first-order chi connectivity index (χ1) is 13.7. The van der Waals surface area contributed by atoms with Gasteiger partial charge in [0, 0.05) is 17.1 Å². The summed E-state index contributed by atoms with van der Waals surface area (Å²) in [7, 11) is 0. The van der Waals surface area contributed by atoms with E-state index in [1.165, 1.54) is 0 Å². The number of para-hydroxylation sites is 1. The van der Waals surface area contributed by atoms with Crippen LogP contribution in [0.4, 0.5) is 0 Å². The van der Waals surface area contributed by atoms with E-state index in [4.69, 9.17) is 21.3 Å². The van der Waals surface area contributed by atoms with Gasteiger partial charge in [0.05, 0.1) is 17.1 Å². The molecule has 0 amide bonds. The molecule has 0 fully saturated rings. The van der Waals surface area contributed by atoms with Crippen molar-refractivity contribution >= 4 is 40.6 Å². The van der Waals surface area contributed by atoms with Gasteiger partial charge in [-0.3, -0.25) is 0 Å². The van der Waals surface area contributed by atoms with Gasteiger partial charge in [0.2, 0.25) is 5.88 Å². The number of ether oxygens (including phenoxy) is 1. The lowest BCUT2D eigenvalue weighted by molar-refractivity contribution is 0.220. The first-order valence-electron chi connectivity index (χ1n) is 9.58. The van der Waals surface area contributed by atoms with Crippen LogP contribution in [0.3, 0.4) is 0 Å². The molecule has 7 heteroatoms. The van der Waals surface area contributed by atoms with Crippen molar-refractivity contribution in [2.24, 2.45) is 0 Å². The van der Waals surface area contributed by atoms with Gasteiger partial charge in [-0.15, -0.1) is 12.4 Å². The molecule has 4 aromatic rings. The molecule has 4 rings (SSSR count). The van der Waals surface area contributed by atoms with Crippen molar-refractivity contribution in [2.45, 2.75) is 13.8 Å².